The molecule has 32 heavy (non-hydrogen) atoms. The summed E-state index contributed by atoms with van der Waals surface area (Å²) >= 11 is 9.78. The topological polar surface area (TPSA) is 55.6 Å². The van der Waals surface area contributed by atoms with Gasteiger partial charge in [-0.05, 0) is 42.8 Å². The van der Waals surface area contributed by atoms with Gasteiger partial charge in [0.05, 0.1) is 18.9 Å². The molecule has 0 aliphatic rings. The minimum atomic E-state index is -0.350. The molecule has 0 atom stereocenters. The van der Waals surface area contributed by atoms with Crippen LogP contribution in [0.4, 0.5) is 0 Å². The lowest BCUT2D eigenvalue weighted by atomic mass is 10.1. The van der Waals surface area contributed by atoms with Gasteiger partial charge in [-0.2, -0.15) is 5.10 Å². The molecule has 4 aromatic rings. The number of hydrazone groups is 1. The van der Waals surface area contributed by atoms with Crippen molar-refractivity contribution in [2.24, 2.45) is 5.10 Å². The second-order valence-electron chi connectivity index (χ2n) is 7.24. The Morgan fingerprint density at radius 1 is 1.16 bits per heavy atom. The molecule has 0 saturated heterocycles. The molecule has 5 nitrogen and oxygen atoms in total. The summed E-state index contributed by atoms with van der Waals surface area (Å²) in [6.07, 6.45) is 1.68. The molecule has 0 radical (unpaired) electrons. The predicted octanol–water partition coefficient (Wildman–Crippen LogP) is 6.19. The number of carbonyl (C=O) groups is 1. The summed E-state index contributed by atoms with van der Waals surface area (Å²) in [4.78, 5) is 12.7. The van der Waals surface area contributed by atoms with E-state index in [1.54, 1.807) is 18.3 Å². The van der Waals surface area contributed by atoms with Crippen LogP contribution in [0.2, 0.25) is 5.02 Å². The Labute approximate surface area is 199 Å². The quantitative estimate of drug-likeness (QED) is 0.248. The van der Waals surface area contributed by atoms with Crippen LogP contribution >= 0.6 is 27.5 Å². The Morgan fingerprint density at radius 2 is 1.91 bits per heavy atom. The SMILES string of the molecule is COc1ccc(Br)cc1C(=O)N/N=C\c1c(C)n(Cc2ccccc2Cl)c2ccccc12. The molecule has 0 spiro atoms. The van der Waals surface area contributed by atoms with Gasteiger partial charge in [0.15, 0.2) is 0 Å². The van der Waals surface area contributed by atoms with Crippen molar-refractivity contribution >= 4 is 50.6 Å². The van der Waals surface area contributed by atoms with Crippen molar-refractivity contribution < 1.29 is 9.53 Å². The van der Waals surface area contributed by atoms with Gasteiger partial charge in [0.1, 0.15) is 5.75 Å². The lowest BCUT2D eigenvalue weighted by Crippen LogP contribution is -2.18. The van der Waals surface area contributed by atoms with E-state index >= 15 is 0 Å². The number of hydrogen-bond acceptors (Lipinski definition) is 3. The number of ether oxygens (including phenoxy) is 1. The Hall–Kier alpha value is -3.09. The first-order valence-corrected chi connectivity index (χ1v) is 11.1. The maximum absolute atomic E-state index is 12.7. The van der Waals surface area contributed by atoms with Crippen LogP contribution < -0.4 is 10.2 Å². The maximum atomic E-state index is 12.7. The third-order valence-electron chi connectivity index (χ3n) is 5.33. The van der Waals surface area contributed by atoms with Crippen molar-refractivity contribution in [1.82, 2.24) is 9.99 Å². The summed E-state index contributed by atoms with van der Waals surface area (Å²) in [6, 6.07) is 21.2. The first-order chi connectivity index (χ1) is 15.5. The Bertz CT molecular complexity index is 1330. The van der Waals surface area contributed by atoms with Gasteiger partial charge in [-0.15, -0.1) is 0 Å². The number of amides is 1. The van der Waals surface area contributed by atoms with Gasteiger partial charge in [0.2, 0.25) is 0 Å². The van der Waals surface area contributed by atoms with Crippen molar-refractivity contribution in [3.05, 3.63) is 98.6 Å². The summed E-state index contributed by atoms with van der Waals surface area (Å²) in [5.41, 5.74) is 7.09. The number of hydrogen-bond donors (Lipinski definition) is 1. The molecule has 1 heterocycles. The first-order valence-electron chi connectivity index (χ1n) is 9.97. The van der Waals surface area contributed by atoms with E-state index < -0.39 is 0 Å². The number of halogens is 2. The molecular weight excluding hydrogens is 490 g/mol. The summed E-state index contributed by atoms with van der Waals surface area (Å²) in [5, 5.41) is 6.02. The molecule has 1 amide bonds. The standard InChI is InChI=1S/C25H21BrClN3O2/c1-16-21(14-28-29-25(31)20-13-18(26)11-12-24(20)32-2)19-8-4-6-10-23(19)30(16)15-17-7-3-5-9-22(17)27/h3-14H,15H2,1-2H3,(H,29,31)/b28-14-. The number of benzene rings is 3. The number of rotatable bonds is 6. The maximum Gasteiger partial charge on any atom is 0.275 e. The highest BCUT2D eigenvalue weighted by Gasteiger charge is 2.15. The summed E-state index contributed by atoms with van der Waals surface area (Å²) < 4.78 is 8.27. The molecule has 0 fully saturated rings. The fourth-order valence-corrected chi connectivity index (χ4v) is 4.25. The lowest BCUT2D eigenvalue weighted by Gasteiger charge is -2.10. The van der Waals surface area contributed by atoms with Gasteiger partial charge < -0.3 is 9.30 Å². The number of carbonyl (C=O) groups excluding carboxylic acids is 1. The Morgan fingerprint density at radius 3 is 2.69 bits per heavy atom. The first kappa shape index (κ1) is 22.1. The highest BCUT2D eigenvalue weighted by atomic mass is 79.9. The van der Waals surface area contributed by atoms with E-state index in [1.165, 1.54) is 7.11 Å². The summed E-state index contributed by atoms with van der Waals surface area (Å²) in [5.74, 6) is 0.130. The molecular formula is C25H21BrClN3O2. The summed E-state index contributed by atoms with van der Waals surface area (Å²) in [7, 11) is 1.53. The van der Waals surface area contributed by atoms with E-state index in [2.05, 4.69) is 37.1 Å². The van der Waals surface area contributed by atoms with Crippen LogP contribution in [0.25, 0.3) is 10.9 Å². The number of fused-ring (bicyclic) bond motifs is 1. The third-order valence-corrected chi connectivity index (χ3v) is 6.19. The molecule has 1 aromatic heterocycles. The van der Waals surface area contributed by atoms with E-state index in [0.29, 0.717) is 17.9 Å². The molecule has 1 N–H and O–H groups in total. The zero-order valence-corrected chi connectivity index (χ0v) is 19.9. The van der Waals surface area contributed by atoms with Crippen LogP contribution in [0.1, 0.15) is 27.2 Å². The molecule has 0 aliphatic heterocycles. The van der Waals surface area contributed by atoms with Crippen LogP contribution in [-0.4, -0.2) is 23.8 Å². The van der Waals surface area contributed by atoms with Crippen LogP contribution in [0.3, 0.4) is 0 Å². The average Bonchev–Trinajstić information content (AvgIpc) is 3.06. The van der Waals surface area contributed by atoms with Crippen molar-refractivity contribution in [3.8, 4) is 5.75 Å². The zero-order chi connectivity index (χ0) is 22.7. The number of nitrogens with zero attached hydrogens (tertiary/aromatic N) is 2. The van der Waals surface area contributed by atoms with E-state index in [-0.39, 0.29) is 5.91 Å². The summed E-state index contributed by atoms with van der Waals surface area (Å²) in [6.45, 7) is 2.68. The molecule has 4 rings (SSSR count). The van der Waals surface area contributed by atoms with Crippen molar-refractivity contribution in [2.45, 2.75) is 13.5 Å². The van der Waals surface area contributed by atoms with Crippen molar-refractivity contribution in [3.63, 3.8) is 0 Å². The van der Waals surface area contributed by atoms with Crippen LogP contribution in [0.15, 0.2) is 76.3 Å². The molecule has 0 unspecified atom stereocenters. The molecule has 0 saturated carbocycles. The zero-order valence-electron chi connectivity index (χ0n) is 17.6. The van der Waals surface area contributed by atoms with Gasteiger partial charge in [0.25, 0.3) is 5.91 Å². The minimum absolute atomic E-state index is 0.350. The minimum Gasteiger partial charge on any atom is -0.496 e. The van der Waals surface area contributed by atoms with Gasteiger partial charge in [0, 0.05) is 38.2 Å². The van der Waals surface area contributed by atoms with E-state index in [9.17, 15) is 4.79 Å². The number of methoxy groups -OCH3 is 1. The second kappa shape index (κ2) is 9.59. The van der Waals surface area contributed by atoms with Crippen LogP contribution in [0.5, 0.6) is 5.75 Å². The number of para-hydroxylation sites is 1. The fourth-order valence-electron chi connectivity index (χ4n) is 3.69. The fraction of sp³-hybridized carbons (Fsp3) is 0.120. The van der Waals surface area contributed by atoms with E-state index in [4.69, 9.17) is 16.3 Å². The van der Waals surface area contributed by atoms with Crippen molar-refractivity contribution in [2.75, 3.05) is 7.11 Å². The highest BCUT2D eigenvalue weighted by molar-refractivity contribution is 9.10. The number of aromatic nitrogens is 1. The highest BCUT2D eigenvalue weighted by Crippen LogP contribution is 2.27. The smallest absolute Gasteiger partial charge is 0.275 e. The molecule has 0 aliphatic carbocycles. The molecule has 3 aromatic carbocycles. The predicted molar refractivity (Wildman–Crippen MR) is 133 cm³/mol. The van der Waals surface area contributed by atoms with Crippen LogP contribution in [0, 0.1) is 6.92 Å². The van der Waals surface area contributed by atoms with Gasteiger partial charge in [-0.25, -0.2) is 5.43 Å². The van der Waals surface area contributed by atoms with Gasteiger partial charge in [-0.3, -0.25) is 4.79 Å². The Balaban J connectivity index is 1.65. The monoisotopic (exact) mass is 509 g/mol. The molecule has 162 valence electrons. The second-order valence-corrected chi connectivity index (χ2v) is 8.56. The Kier molecular flexibility index (Phi) is 6.63. The normalized spacial score (nSPS) is 11.2. The van der Waals surface area contributed by atoms with Crippen molar-refractivity contribution in [1.29, 1.82) is 0 Å². The third kappa shape index (κ3) is 4.42. The lowest BCUT2D eigenvalue weighted by molar-refractivity contribution is 0.0952. The average molecular weight is 511 g/mol. The molecule has 7 heteroatoms. The largest absolute Gasteiger partial charge is 0.496 e. The van der Waals surface area contributed by atoms with E-state index in [1.807, 2.05) is 55.5 Å². The van der Waals surface area contributed by atoms with E-state index in [0.717, 1.165) is 37.2 Å². The number of nitrogens with one attached hydrogen (secondary N) is 1. The van der Waals surface area contributed by atoms with Crippen LogP contribution in [-0.2, 0) is 6.54 Å². The van der Waals surface area contributed by atoms with Gasteiger partial charge in [-0.1, -0.05) is 63.9 Å². The molecule has 0 bridgehead atoms. The van der Waals surface area contributed by atoms with Gasteiger partial charge >= 0.3 is 0 Å².